The summed E-state index contributed by atoms with van der Waals surface area (Å²) in [6, 6.07) is 18.3. The van der Waals surface area contributed by atoms with E-state index in [1.165, 1.54) is 0 Å². The van der Waals surface area contributed by atoms with Gasteiger partial charge in [-0.1, -0.05) is 36.1 Å². The summed E-state index contributed by atoms with van der Waals surface area (Å²) < 4.78 is 0. The van der Waals surface area contributed by atoms with Crippen LogP contribution < -0.4 is 0 Å². The predicted molar refractivity (Wildman–Crippen MR) is 89.1 cm³/mol. The molecule has 0 fully saturated rings. The maximum absolute atomic E-state index is 11.6. The van der Waals surface area contributed by atoms with Crippen molar-refractivity contribution in [3.63, 3.8) is 0 Å². The molecule has 0 aliphatic heterocycles. The van der Waals surface area contributed by atoms with Crippen LogP contribution in [0.15, 0.2) is 73.1 Å². The standard InChI is InChI=1S/C20H13NO2/c22-20(23)18-8-4-7-16(10-9-15-5-2-1-3-6-15)19(18)17-11-13-21-14-12-17/h1-8,11-14H,(H,22,23). The van der Waals surface area contributed by atoms with Crippen molar-refractivity contribution in [1.82, 2.24) is 4.98 Å². The lowest BCUT2D eigenvalue weighted by Gasteiger charge is -2.08. The van der Waals surface area contributed by atoms with E-state index in [-0.39, 0.29) is 5.56 Å². The van der Waals surface area contributed by atoms with Crippen LogP contribution in [0.25, 0.3) is 11.1 Å². The molecule has 3 aromatic rings. The minimum Gasteiger partial charge on any atom is -0.478 e. The third-order valence-electron chi connectivity index (χ3n) is 3.38. The number of nitrogens with zero attached hydrogens (tertiary/aromatic N) is 1. The molecule has 0 unspecified atom stereocenters. The number of hydrogen-bond donors (Lipinski definition) is 1. The molecule has 1 N–H and O–H groups in total. The van der Waals surface area contributed by atoms with Crippen molar-refractivity contribution < 1.29 is 9.90 Å². The third kappa shape index (κ3) is 3.28. The van der Waals surface area contributed by atoms with E-state index in [0.717, 1.165) is 11.1 Å². The SMILES string of the molecule is O=C(O)c1cccc(C#Cc2ccccc2)c1-c1ccncc1. The Kier molecular flexibility index (Phi) is 4.17. The molecule has 0 aliphatic carbocycles. The summed E-state index contributed by atoms with van der Waals surface area (Å²) in [4.78, 5) is 15.5. The van der Waals surface area contributed by atoms with E-state index < -0.39 is 5.97 Å². The minimum atomic E-state index is -0.972. The fraction of sp³-hybridized carbons (Fsp3) is 0. The maximum atomic E-state index is 11.6. The van der Waals surface area contributed by atoms with E-state index in [9.17, 15) is 9.90 Å². The molecule has 0 saturated heterocycles. The summed E-state index contributed by atoms with van der Waals surface area (Å²) in [7, 11) is 0. The van der Waals surface area contributed by atoms with Crippen LogP contribution in [-0.4, -0.2) is 16.1 Å². The van der Waals surface area contributed by atoms with Crippen molar-refractivity contribution in [2.45, 2.75) is 0 Å². The summed E-state index contributed by atoms with van der Waals surface area (Å²) in [5.41, 5.74) is 3.20. The molecule has 1 heterocycles. The van der Waals surface area contributed by atoms with Gasteiger partial charge in [-0.05, 0) is 42.0 Å². The molecule has 0 saturated carbocycles. The van der Waals surface area contributed by atoms with Gasteiger partial charge in [-0.15, -0.1) is 0 Å². The van der Waals surface area contributed by atoms with Crippen LogP contribution in [0.4, 0.5) is 0 Å². The highest BCUT2D eigenvalue weighted by atomic mass is 16.4. The molecule has 0 atom stereocenters. The van der Waals surface area contributed by atoms with Gasteiger partial charge >= 0.3 is 5.97 Å². The molecule has 3 heteroatoms. The molecule has 110 valence electrons. The van der Waals surface area contributed by atoms with Gasteiger partial charge in [-0.3, -0.25) is 4.98 Å². The smallest absolute Gasteiger partial charge is 0.336 e. The highest BCUT2D eigenvalue weighted by Gasteiger charge is 2.14. The molecule has 0 aliphatic rings. The van der Waals surface area contributed by atoms with E-state index in [2.05, 4.69) is 16.8 Å². The van der Waals surface area contributed by atoms with Gasteiger partial charge in [0.2, 0.25) is 0 Å². The molecule has 1 aromatic heterocycles. The van der Waals surface area contributed by atoms with Gasteiger partial charge in [0.05, 0.1) is 5.56 Å². The van der Waals surface area contributed by atoms with Crippen molar-refractivity contribution in [1.29, 1.82) is 0 Å². The monoisotopic (exact) mass is 299 g/mol. The van der Waals surface area contributed by atoms with Gasteiger partial charge in [0.25, 0.3) is 0 Å². The van der Waals surface area contributed by atoms with Gasteiger partial charge in [0.1, 0.15) is 0 Å². The number of carbonyl (C=O) groups is 1. The topological polar surface area (TPSA) is 50.2 Å². The van der Waals surface area contributed by atoms with E-state index in [0.29, 0.717) is 11.1 Å². The average molecular weight is 299 g/mol. The van der Waals surface area contributed by atoms with Crippen molar-refractivity contribution in [3.05, 3.63) is 89.7 Å². The van der Waals surface area contributed by atoms with Crippen molar-refractivity contribution in [2.24, 2.45) is 0 Å². The van der Waals surface area contributed by atoms with E-state index in [1.54, 1.807) is 36.7 Å². The molecule has 2 aromatic carbocycles. The number of carboxylic acid groups (broad SMARTS) is 1. The maximum Gasteiger partial charge on any atom is 0.336 e. The fourth-order valence-corrected chi connectivity index (χ4v) is 2.33. The molecule has 0 bridgehead atoms. The quantitative estimate of drug-likeness (QED) is 0.731. The lowest BCUT2D eigenvalue weighted by Crippen LogP contribution is -2.01. The number of hydrogen-bond acceptors (Lipinski definition) is 2. The zero-order valence-electron chi connectivity index (χ0n) is 12.2. The Bertz CT molecular complexity index is 891. The molecule has 0 spiro atoms. The van der Waals surface area contributed by atoms with Crippen molar-refractivity contribution in [2.75, 3.05) is 0 Å². The van der Waals surface area contributed by atoms with Gasteiger partial charge in [0, 0.05) is 29.1 Å². The summed E-state index contributed by atoms with van der Waals surface area (Å²) >= 11 is 0. The minimum absolute atomic E-state index is 0.232. The Morgan fingerprint density at radius 3 is 2.30 bits per heavy atom. The Morgan fingerprint density at radius 2 is 1.61 bits per heavy atom. The summed E-state index contributed by atoms with van der Waals surface area (Å²) in [5, 5.41) is 9.47. The summed E-state index contributed by atoms with van der Waals surface area (Å²) in [6.45, 7) is 0. The van der Waals surface area contributed by atoms with Crippen molar-refractivity contribution in [3.8, 4) is 23.0 Å². The number of benzene rings is 2. The first-order chi connectivity index (χ1) is 11.3. The number of rotatable bonds is 2. The van der Waals surface area contributed by atoms with Crippen LogP contribution in [-0.2, 0) is 0 Å². The number of pyridine rings is 1. The van der Waals surface area contributed by atoms with Crippen LogP contribution in [0.2, 0.25) is 0 Å². The summed E-state index contributed by atoms with van der Waals surface area (Å²) in [5.74, 6) is 5.20. The molecular formula is C20H13NO2. The molecule has 23 heavy (non-hydrogen) atoms. The Morgan fingerprint density at radius 1 is 0.870 bits per heavy atom. The normalized spacial score (nSPS) is 9.74. The van der Waals surface area contributed by atoms with Crippen molar-refractivity contribution >= 4 is 5.97 Å². The zero-order chi connectivity index (χ0) is 16.1. The third-order valence-corrected chi connectivity index (χ3v) is 3.38. The van der Waals surface area contributed by atoms with E-state index >= 15 is 0 Å². The highest BCUT2D eigenvalue weighted by Crippen LogP contribution is 2.27. The molecule has 0 amide bonds. The van der Waals surface area contributed by atoms with Gasteiger partial charge in [-0.2, -0.15) is 0 Å². The van der Waals surface area contributed by atoms with E-state index in [1.807, 2.05) is 36.4 Å². The van der Waals surface area contributed by atoms with E-state index in [4.69, 9.17) is 0 Å². The summed E-state index contributed by atoms with van der Waals surface area (Å²) in [6.07, 6.45) is 3.28. The Balaban J connectivity index is 2.16. The van der Waals surface area contributed by atoms with Crippen LogP contribution in [0.1, 0.15) is 21.5 Å². The molecule has 0 radical (unpaired) electrons. The second-order valence-corrected chi connectivity index (χ2v) is 4.89. The molecular weight excluding hydrogens is 286 g/mol. The van der Waals surface area contributed by atoms with Crippen LogP contribution in [0.3, 0.4) is 0 Å². The zero-order valence-corrected chi connectivity index (χ0v) is 12.2. The Hall–Kier alpha value is -3.38. The Labute approximate surface area is 134 Å². The van der Waals surface area contributed by atoms with Crippen LogP contribution in [0.5, 0.6) is 0 Å². The number of carboxylic acids is 1. The van der Waals surface area contributed by atoms with Gasteiger partial charge in [0.15, 0.2) is 0 Å². The number of aromatic carboxylic acids is 1. The fourth-order valence-electron chi connectivity index (χ4n) is 2.33. The van der Waals surface area contributed by atoms with Gasteiger partial charge < -0.3 is 5.11 Å². The first kappa shape index (κ1) is 14.6. The van der Waals surface area contributed by atoms with Crippen LogP contribution in [0, 0.1) is 11.8 Å². The average Bonchev–Trinajstić information content (AvgIpc) is 2.61. The molecule has 3 nitrogen and oxygen atoms in total. The first-order valence-electron chi connectivity index (χ1n) is 7.09. The second kappa shape index (κ2) is 6.59. The number of aromatic nitrogens is 1. The van der Waals surface area contributed by atoms with Crippen LogP contribution >= 0.6 is 0 Å². The lowest BCUT2D eigenvalue weighted by molar-refractivity contribution is 0.0697. The predicted octanol–water partition coefficient (Wildman–Crippen LogP) is 3.85. The highest BCUT2D eigenvalue weighted by molar-refractivity contribution is 5.97. The molecule has 3 rings (SSSR count). The first-order valence-corrected chi connectivity index (χ1v) is 7.09. The lowest BCUT2D eigenvalue weighted by atomic mass is 9.95. The van der Waals surface area contributed by atoms with Gasteiger partial charge in [-0.25, -0.2) is 4.79 Å². The largest absolute Gasteiger partial charge is 0.478 e. The second-order valence-electron chi connectivity index (χ2n) is 4.89.